The minimum absolute atomic E-state index is 0.423. The molecule has 2 aromatic rings. The van der Waals surface area contributed by atoms with Crippen LogP contribution in [0.3, 0.4) is 0 Å². The highest BCUT2D eigenvalue weighted by molar-refractivity contribution is 6.07. The summed E-state index contributed by atoms with van der Waals surface area (Å²) in [6.45, 7) is 0. The summed E-state index contributed by atoms with van der Waals surface area (Å²) in [5.74, 6) is -1.64. The maximum atomic E-state index is 11.9. The van der Waals surface area contributed by atoms with Gasteiger partial charge in [-0.25, -0.2) is 29.0 Å². The van der Waals surface area contributed by atoms with Crippen molar-refractivity contribution in [2.75, 3.05) is 12.4 Å². The Labute approximate surface area is 113 Å². The number of nitrogens with one attached hydrogen (secondary N) is 2. The number of aromatic amines is 1. The molecule has 1 aliphatic rings. The van der Waals surface area contributed by atoms with Gasteiger partial charge in [-0.2, -0.15) is 0 Å². The van der Waals surface area contributed by atoms with E-state index in [9.17, 15) is 29.6 Å². The van der Waals surface area contributed by atoms with Gasteiger partial charge < -0.3 is 10.4 Å². The maximum Gasteiger partial charge on any atom is 0.429 e. The Kier molecular flexibility index (Phi) is 2.28. The second kappa shape index (κ2) is 3.71. The standard InChI is InChI=1S/C9H5N6O6/c1-15(21)7(17)3-5(13-9(15)19)10-2-4(11-3)12-8(18)14(20)6(2)16/h1H3,(H,10,13,19)(H,11,12,18)/q-1. The lowest BCUT2D eigenvalue weighted by molar-refractivity contribution is -0.685. The number of hydrogen-bond acceptors (Lipinski definition) is 8. The van der Waals surface area contributed by atoms with E-state index >= 15 is 0 Å². The van der Waals surface area contributed by atoms with Gasteiger partial charge >= 0.3 is 17.6 Å². The number of carbonyl (C=O) groups is 2. The number of hydrogen-bond donors (Lipinski definition) is 2. The lowest BCUT2D eigenvalue weighted by Gasteiger charge is -2.34. The number of fused-ring (bicyclic) bond motifs is 2. The van der Waals surface area contributed by atoms with E-state index in [0.29, 0.717) is 0 Å². The second-order valence-corrected chi connectivity index (χ2v) is 4.31. The number of quaternary nitrogens is 1. The van der Waals surface area contributed by atoms with E-state index < -0.39 is 55.2 Å². The van der Waals surface area contributed by atoms with E-state index in [1.807, 2.05) is 10.3 Å². The average Bonchev–Trinajstić information content (AvgIpc) is 2.43. The Balaban J connectivity index is 2.41. The summed E-state index contributed by atoms with van der Waals surface area (Å²) < 4.78 is -2.38. The van der Waals surface area contributed by atoms with Crippen LogP contribution >= 0.6 is 0 Å². The molecule has 21 heavy (non-hydrogen) atoms. The first-order chi connectivity index (χ1) is 9.73. The molecule has 3 amide bonds. The molecular formula is C9H5N6O6-. The molecule has 3 rings (SSSR count). The van der Waals surface area contributed by atoms with Gasteiger partial charge in [0, 0.05) is 0 Å². The third-order valence-corrected chi connectivity index (χ3v) is 2.90. The van der Waals surface area contributed by atoms with Gasteiger partial charge in [-0.05, 0) is 0 Å². The lowest BCUT2D eigenvalue weighted by atomic mass is 10.3. The third-order valence-electron chi connectivity index (χ3n) is 2.90. The number of anilines is 1. The predicted octanol–water partition coefficient (Wildman–Crippen LogP) is -1.54. The third kappa shape index (κ3) is 1.56. The monoisotopic (exact) mass is 293 g/mol. The molecule has 0 radical (unpaired) electrons. The van der Waals surface area contributed by atoms with Crippen LogP contribution in [0.15, 0.2) is 9.59 Å². The van der Waals surface area contributed by atoms with Crippen molar-refractivity contribution in [2.45, 2.75) is 0 Å². The van der Waals surface area contributed by atoms with Crippen molar-refractivity contribution in [1.29, 1.82) is 0 Å². The first-order valence-electron chi connectivity index (χ1n) is 5.42. The van der Waals surface area contributed by atoms with E-state index in [2.05, 4.69) is 9.97 Å². The molecule has 3 heterocycles. The Morgan fingerprint density at radius 2 is 1.86 bits per heavy atom. The van der Waals surface area contributed by atoms with Crippen LogP contribution in [0.5, 0.6) is 0 Å². The molecule has 108 valence electrons. The average molecular weight is 293 g/mol. The molecule has 0 saturated carbocycles. The van der Waals surface area contributed by atoms with Crippen molar-refractivity contribution in [3.05, 3.63) is 36.9 Å². The van der Waals surface area contributed by atoms with Crippen molar-refractivity contribution >= 4 is 28.9 Å². The molecule has 12 nitrogen and oxygen atoms in total. The van der Waals surface area contributed by atoms with Gasteiger partial charge in [-0.1, -0.05) is 0 Å². The largest absolute Gasteiger partial charge is 0.800 e. The van der Waals surface area contributed by atoms with E-state index in [1.54, 1.807) is 0 Å². The van der Waals surface area contributed by atoms with E-state index in [4.69, 9.17) is 0 Å². The molecule has 1 unspecified atom stereocenters. The molecule has 0 spiro atoms. The van der Waals surface area contributed by atoms with E-state index in [-0.39, 0.29) is 0 Å². The van der Waals surface area contributed by atoms with Crippen molar-refractivity contribution in [2.24, 2.45) is 0 Å². The molecule has 2 aromatic heterocycles. The van der Waals surface area contributed by atoms with Crippen LogP contribution in [-0.2, 0) is 0 Å². The van der Waals surface area contributed by atoms with Crippen LogP contribution in [0, 0.1) is 10.4 Å². The topological polar surface area (TPSA) is 173 Å². The molecule has 12 heteroatoms. The summed E-state index contributed by atoms with van der Waals surface area (Å²) in [5.41, 5.74) is -4.08. The number of nitrogens with zero attached hydrogens (tertiary/aromatic N) is 4. The second-order valence-electron chi connectivity index (χ2n) is 4.31. The molecule has 0 saturated heterocycles. The van der Waals surface area contributed by atoms with Crippen LogP contribution in [0.4, 0.5) is 10.6 Å². The van der Waals surface area contributed by atoms with Gasteiger partial charge in [0.25, 0.3) is 5.56 Å². The summed E-state index contributed by atoms with van der Waals surface area (Å²) in [7, 11) is 0.796. The maximum absolute atomic E-state index is 11.9. The summed E-state index contributed by atoms with van der Waals surface area (Å²) in [5, 5.41) is 25.0. The van der Waals surface area contributed by atoms with E-state index in [0.717, 1.165) is 7.05 Å². The van der Waals surface area contributed by atoms with Crippen LogP contribution in [-0.4, -0.2) is 43.3 Å². The normalized spacial score (nSPS) is 21.2. The molecule has 0 aromatic carbocycles. The van der Waals surface area contributed by atoms with Gasteiger partial charge in [0.2, 0.25) is 5.69 Å². The molecule has 2 N–H and O–H groups in total. The Bertz CT molecular complexity index is 940. The van der Waals surface area contributed by atoms with Gasteiger partial charge in [-0.15, -0.1) is 0 Å². The zero-order chi connectivity index (χ0) is 15.5. The SMILES string of the molecule is C[N+]1([O-])C(=O)Nc2nc3c(=O)n([O-])c(=O)[nH]c3nc2C1=O. The number of rotatable bonds is 0. The van der Waals surface area contributed by atoms with Crippen molar-refractivity contribution in [3.8, 4) is 0 Å². The van der Waals surface area contributed by atoms with Crippen molar-refractivity contribution in [1.82, 2.24) is 19.7 Å². The number of aromatic nitrogens is 4. The highest BCUT2D eigenvalue weighted by atomic mass is 16.6. The van der Waals surface area contributed by atoms with E-state index in [1.165, 1.54) is 0 Å². The minimum atomic E-state index is -1.89. The number of H-pyrrole nitrogens is 1. The zero-order valence-electron chi connectivity index (χ0n) is 10.2. The summed E-state index contributed by atoms with van der Waals surface area (Å²) in [6, 6.07) is -1.21. The quantitative estimate of drug-likeness (QED) is 0.434. The van der Waals surface area contributed by atoms with Crippen molar-refractivity contribution < 1.29 is 14.2 Å². The molecular weight excluding hydrogens is 288 g/mol. The first-order valence-corrected chi connectivity index (χ1v) is 5.42. The number of hydroxylamine groups is 3. The number of carbonyl (C=O) groups excluding carboxylic acids is 2. The Morgan fingerprint density at radius 1 is 1.19 bits per heavy atom. The van der Waals surface area contributed by atoms with Gasteiger partial charge in [0.1, 0.15) is 0 Å². The van der Waals surface area contributed by atoms with Crippen LogP contribution < -0.4 is 16.6 Å². The fourth-order valence-corrected chi connectivity index (χ4v) is 1.75. The summed E-state index contributed by atoms with van der Waals surface area (Å²) >= 11 is 0. The fraction of sp³-hybridized carbons (Fsp3) is 0.111. The fourth-order valence-electron chi connectivity index (χ4n) is 1.75. The number of imide groups is 1. The Morgan fingerprint density at radius 3 is 2.52 bits per heavy atom. The minimum Gasteiger partial charge on any atom is -0.800 e. The molecule has 0 fully saturated rings. The molecule has 1 atom stereocenters. The van der Waals surface area contributed by atoms with Gasteiger partial charge in [0.15, 0.2) is 17.0 Å². The van der Waals surface area contributed by atoms with Gasteiger partial charge in [-0.3, -0.25) is 19.8 Å². The first kappa shape index (κ1) is 12.9. The smallest absolute Gasteiger partial charge is 0.429 e. The molecule has 0 bridgehead atoms. The Hall–Kier alpha value is -3.12. The summed E-state index contributed by atoms with van der Waals surface area (Å²) in [6.07, 6.45) is 0. The lowest BCUT2D eigenvalue weighted by Crippen LogP contribution is -2.55. The highest BCUT2D eigenvalue weighted by Crippen LogP contribution is 2.24. The molecule has 0 aliphatic carbocycles. The highest BCUT2D eigenvalue weighted by Gasteiger charge is 2.42. The summed E-state index contributed by atoms with van der Waals surface area (Å²) in [4.78, 5) is 55.4. The number of amides is 3. The molecule has 1 aliphatic heterocycles. The van der Waals surface area contributed by atoms with Gasteiger partial charge in [0.05, 0.1) is 7.05 Å². The predicted molar refractivity (Wildman–Crippen MR) is 66.1 cm³/mol. The van der Waals surface area contributed by atoms with Crippen molar-refractivity contribution in [3.63, 3.8) is 0 Å². The van der Waals surface area contributed by atoms with Crippen LogP contribution in [0.1, 0.15) is 10.5 Å². The van der Waals surface area contributed by atoms with Crippen LogP contribution in [0.2, 0.25) is 0 Å². The number of urea groups is 1. The van der Waals surface area contributed by atoms with Crippen LogP contribution in [0.25, 0.3) is 11.2 Å². The zero-order valence-corrected chi connectivity index (χ0v) is 10.2.